The monoisotopic (exact) mass is 857 g/mol. The second kappa shape index (κ2) is 30.3. The molecule has 0 radical (unpaired) electrons. The van der Waals surface area contributed by atoms with Crippen LogP contribution in [0.15, 0.2) is 0 Å². The first-order valence-electron chi connectivity index (χ1n) is 24.7. The Morgan fingerprint density at radius 2 is 1.33 bits per heavy atom. The summed E-state index contributed by atoms with van der Waals surface area (Å²) >= 11 is 0. The Balaban J connectivity index is 1.32. The van der Waals surface area contributed by atoms with Crippen molar-refractivity contribution in [1.29, 1.82) is 0 Å². The Kier molecular flexibility index (Phi) is 26.9. The minimum atomic E-state index is -1.50. The van der Waals surface area contributed by atoms with Crippen molar-refractivity contribution in [3.05, 3.63) is 0 Å². The van der Waals surface area contributed by atoms with E-state index in [0.29, 0.717) is 26.2 Å². The second-order valence-corrected chi connectivity index (χ2v) is 19.9. The first-order chi connectivity index (χ1) is 28.8. The number of unbranched alkanes of at least 4 members (excludes halogenated alkanes) is 18. The van der Waals surface area contributed by atoms with Crippen molar-refractivity contribution in [2.75, 3.05) is 46.1 Å². The van der Waals surface area contributed by atoms with Gasteiger partial charge in [-0.15, -0.1) is 0 Å². The highest BCUT2D eigenvalue weighted by molar-refractivity contribution is 5.72. The fourth-order valence-electron chi connectivity index (χ4n) is 9.28. The lowest BCUT2D eigenvalue weighted by Crippen LogP contribution is -2.64. The van der Waals surface area contributed by atoms with E-state index in [9.17, 15) is 30.3 Å². The molecular weight excluding hydrogens is 765 g/mol. The van der Waals surface area contributed by atoms with E-state index in [1.54, 1.807) is 0 Å². The normalized spacial score (nSPS) is 24.9. The van der Waals surface area contributed by atoms with Crippen LogP contribution >= 0.6 is 0 Å². The number of hydrogen-bond donors (Lipinski definition) is 6. The lowest BCUT2D eigenvalue weighted by molar-refractivity contribution is -0.302. The summed E-state index contributed by atoms with van der Waals surface area (Å²) in [6.07, 6.45) is 23.8. The number of aliphatic hydroxyl groups is 5. The lowest BCUT2D eigenvalue weighted by Gasteiger charge is -2.46. The summed E-state index contributed by atoms with van der Waals surface area (Å²) in [6.45, 7) is 11.2. The highest BCUT2D eigenvalue weighted by Gasteiger charge is 2.45. The SMILES string of the molecule is CCCCCCCCCCCCCC[C@@H](O)C[C@H](COC1OC(CO)C(O)C(O)C1O)NC1(CCCCCCCCCCC2CCN(CC(=O)OC(C)(C)C)CC2)COC1. The summed E-state index contributed by atoms with van der Waals surface area (Å²) in [5, 5.41) is 55.7. The van der Waals surface area contributed by atoms with Gasteiger partial charge in [0.05, 0.1) is 44.6 Å². The molecule has 3 aliphatic rings. The molecule has 0 bridgehead atoms. The first kappa shape index (κ1) is 53.4. The van der Waals surface area contributed by atoms with Gasteiger partial charge in [0.2, 0.25) is 0 Å². The van der Waals surface area contributed by atoms with Gasteiger partial charge < -0.3 is 49.8 Å². The van der Waals surface area contributed by atoms with Crippen molar-refractivity contribution in [2.24, 2.45) is 5.92 Å². The van der Waals surface area contributed by atoms with Crippen molar-refractivity contribution < 1.29 is 49.3 Å². The maximum absolute atomic E-state index is 12.2. The third-order valence-corrected chi connectivity index (χ3v) is 13.0. The number of nitrogens with one attached hydrogen (secondary N) is 1. The molecule has 3 aliphatic heterocycles. The van der Waals surface area contributed by atoms with E-state index < -0.39 is 49.0 Å². The molecule has 0 aromatic heterocycles. The number of ether oxygens (including phenoxy) is 4. The zero-order valence-electron chi connectivity index (χ0n) is 38.7. The van der Waals surface area contributed by atoms with E-state index in [2.05, 4.69) is 17.1 Å². The maximum Gasteiger partial charge on any atom is 0.320 e. The number of nitrogens with zero attached hydrogens (tertiary/aromatic N) is 1. The Bertz CT molecular complexity index is 1080. The van der Waals surface area contributed by atoms with Crippen molar-refractivity contribution in [2.45, 2.75) is 249 Å². The maximum atomic E-state index is 12.2. The number of piperidine rings is 1. The van der Waals surface area contributed by atoms with Crippen LogP contribution in [0.4, 0.5) is 0 Å². The van der Waals surface area contributed by atoms with Crippen LogP contribution in [0.5, 0.6) is 0 Å². The molecule has 0 amide bonds. The van der Waals surface area contributed by atoms with Crippen LogP contribution in [0.2, 0.25) is 0 Å². The predicted octanol–water partition coefficient (Wildman–Crippen LogP) is 7.33. The number of likely N-dealkylation sites (tertiary alicyclic amines) is 1. The largest absolute Gasteiger partial charge is 0.459 e. The van der Waals surface area contributed by atoms with Crippen LogP contribution in [0, 0.1) is 5.92 Å². The molecule has 0 aromatic rings. The van der Waals surface area contributed by atoms with E-state index in [-0.39, 0.29) is 24.2 Å². The summed E-state index contributed by atoms with van der Waals surface area (Å²) in [7, 11) is 0. The highest BCUT2D eigenvalue weighted by atomic mass is 16.7. The number of carbonyl (C=O) groups excluding carboxylic acids is 1. The third-order valence-electron chi connectivity index (χ3n) is 13.0. The Labute approximate surface area is 365 Å². The molecule has 3 rings (SSSR count). The third kappa shape index (κ3) is 22.1. The second-order valence-electron chi connectivity index (χ2n) is 19.9. The predicted molar refractivity (Wildman–Crippen MR) is 238 cm³/mol. The van der Waals surface area contributed by atoms with Crippen LogP contribution < -0.4 is 5.32 Å². The molecule has 354 valence electrons. The van der Waals surface area contributed by atoms with E-state index in [1.807, 2.05) is 20.8 Å². The molecule has 5 unspecified atom stereocenters. The van der Waals surface area contributed by atoms with Gasteiger partial charge in [-0.25, -0.2) is 0 Å². The average molecular weight is 857 g/mol. The summed E-state index contributed by atoms with van der Waals surface area (Å²) in [4.78, 5) is 14.4. The molecule has 12 heteroatoms. The van der Waals surface area contributed by atoms with Gasteiger partial charge in [-0.05, 0) is 71.9 Å². The molecular formula is C48H92N2O10. The number of esters is 1. The molecule has 0 saturated carbocycles. The van der Waals surface area contributed by atoms with Gasteiger partial charge in [-0.2, -0.15) is 0 Å². The smallest absolute Gasteiger partial charge is 0.320 e. The van der Waals surface area contributed by atoms with Crippen LogP contribution in [-0.4, -0.2) is 136 Å². The summed E-state index contributed by atoms with van der Waals surface area (Å²) in [6, 6.07) is -0.238. The van der Waals surface area contributed by atoms with Crippen LogP contribution in [0.1, 0.15) is 195 Å². The number of rotatable bonds is 34. The molecule has 3 heterocycles. The molecule has 0 spiro atoms. The highest BCUT2D eigenvalue weighted by Crippen LogP contribution is 2.29. The van der Waals surface area contributed by atoms with Gasteiger partial charge in [-0.1, -0.05) is 142 Å². The molecule has 12 nitrogen and oxygen atoms in total. The average Bonchev–Trinajstić information content (AvgIpc) is 3.19. The van der Waals surface area contributed by atoms with Gasteiger partial charge in [-0.3, -0.25) is 9.69 Å². The van der Waals surface area contributed by atoms with Gasteiger partial charge in [0, 0.05) is 6.04 Å². The first-order valence-corrected chi connectivity index (χ1v) is 24.7. The van der Waals surface area contributed by atoms with Gasteiger partial charge >= 0.3 is 5.97 Å². The summed E-state index contributed by atoms with van der Waals surface area (Å²) in [5.41, 5.74) is -0.629. The van der Waals surface area contributed by atoms with Crippen molar-refractivity contribution >= 4 is 5.97 Å². The molecule has 6 N–H and O–H groups in total. The Hall–Kier alpha value is -0.930. The Morgan fingerprint density at radius 1 is 0.783 bits per heavy atom. The van der Waals surface area contributed by atoms with E-state index >= 15 is 0 Å². The van der Waals surface area contributed by atoms with Crippen molar-refractivity contribution in [3.8, 4) is 0 Å². The van der Waals surface area contributed by atoms with Crippen LogP contribution in [0.3, 0.4) is 0 Å². The van der Waals surface area contributed by atoms with Crippen LogP contribution in [0.25, 0.3) is 0 Å². The van der Waals surface area contributed by atoms with Crippen molar-refractivity contribution in [1.82, 2.24) is 10.2 Å². The van der Waals surface area contributed by atoms with Crippen LogP contribution in [-0.2, 0) is 23.7 Å². The molecule has 3 saturated heterocycles. The quantitative estimate of drug-likeness (QED) is 0.0282. The fraction of sp³-hybridized carbons (Fsp3) is 0.979. The minimum Gasteiger partial charge on any atom is -0.459 e. The number of aliphatic hydroxyl groups excluding tert-OH is 5. The summed E-state index contributed by atoms with van der Waals surface area (Å²) < 4.78 is 22.9. The number of hydrogen-bond acceptors (Lipinski definition) is 12. The molecule has 0 aliphatic carbocycles. The number of carbonyl (C=O) groups is 1. The zero-order chi connectivity index (χ0) is 43.6. The molecule has 60 heavy (non-hydrogen) atoms. The minimum absolute atomic E-state index is 0.118. The van der Waals surface area contributed by atoms with E-state index in [4.69, 9.17) is 18.9 Å². The summed E-state index contributed by atoms with van der Waals surface area (Å²) in [5.74, 6) is 0.657. The molecule has 3 fully saturated rings. The topological polar surface area (TPSA) is 170 Å². The van der Waals surface area contributed by atoms with Crippen molar-refractivity contribution in [3.63, 3.8) is 0 Å². The lowest BCUT2D eigenvalue weighted by atomic mass is 9.88. The molecule has 0 aromatic carbocycles. The van der Waals surface area contributed by atoms with Gasteiger partial charge in [0.25, 0.3) is 0 Å². The molecule has 7 atom stereocenters. The zero-order valence-corrected chi connectivity index (χ0v) is 38.7. The fourth-order valence-corrected chi connectivity index (χ4v) is 9.28. The van der Waals surface area contributed by atoms with Gasteiger partial charge in [0.15, 0.2) is 6.29 Å². The van der Waals surface area contributed by atoms with Gasteiger partial charge in [0.1, 0.15) is 30.0 Å². The Morgan fingerprint density at radius 3 is 1.87 bits per heavy atom. The standard InChI is InChI=1S/C48H92N2O10/c1-5-6-7-8-9-10-11-12-13-17-20-23-26-40(52)32-39(35-58-46-45(56)44(55)43(54)41(34-51)59-46)49-48(36-57-37-48)29-24-21-18-15-14-16-19-22-25-38-27-30-50(31-28-38)33-42(53)60-47(2,3)4/h38-41,43-46,49,51-52,54-56H,5-37H2,1-4H3/t39-,40-,41?,43?,44?,45?,46?/m1/s1. The van der Waals surface area contributed by atoms with E-state index in [0.717, 1.165) is 51.1 Å². The van der Waals surface area contributed by atoms with E-state index in [1.165, 1.54) is 128 Å².